The topological polar surface area (TPSA) is 63.4 Å². The molecule has 0 saturated carbocycles. The van der Waals surface area contributed by atoms with Crippen molar-refractivity contribution < 1.29 is 8.42 Å². The number of halogens is 2. The maximum Gasteiger partial charge on any atom is 0.265 e. The molecule has 1 heterocycles. The first-order chi connectivity index (χ1) is 9.93. The minimum atomic E-state index is -3.76. The maximum absolute atomic E-state index is 12.8. The second kappa shape index (κ2) is 5.09. The molecule has 4 nitrogen and oxygen atoms in total. The van der Waals surface area contributed by atoms with Gasteiger partial charge in [-0.25, -0.2) is 8.42 Å². The highest BCUT2D eigenvalue weighted by molar-refractivity contribution is 7.93. The first-order valence-corrected chi connectivity index (χ1v) is 8.46. The van der Waals surface area contributed by atoms with Gasteiger partial charge in [-0.1, -0.05) is 41.4 Å². The van der Waals surface area contributed by atoms with Crippen LogP contribution in [0.25, 0.3) is 0 Å². The first kappa shape index (κ1) is 14.5. The number of fused-ring (bicyclic) bond motifs is 1. The van der Waals surface area contributed by atoms with Crippen LogP contribution in [-0.4, -0.2) is 15.0 Å². The summed E-state index contributed by atoms with van der Waals surface area (Å²) in [6, 6.07) is 10.2. The minimum absolute atomic E-state index is 0.0252. The predicted molar refractivity (Wildman–Crippen MR) is 85.6 cm³/mol. The highest BCUT2D eigenvalue weighted by atomic mass is 35.5. The molecule has 0 spiro atoms. The molecule has 2 aromatic rings. The molecule has 0 radical (unpaired) electrons. The molecule has 0 aliphatic carbocycles. The lowest BCUT2D eigenvalue weighted by Crippen LogP contribution is -2.29. The lowest BCUT2D eigenvalue weighted by Gasteiger charge is -2.20. The lowest BCUT2D eigenvalue weighted by molar-refractivity contribution is 0.592. The zero-order chi connectivity index (χ0) is 15.2. The third-order valence-corrected chi connectivity index (χ3v) is 6.21. The number of sulfonamides is 1. The summed E-state index contributed by atoms with van der Waals surface area (Å²) in [6.45, 7) is 0.389. The van der Waals surface area contributed by atoms with Crippen LogP contribution in [-0.2, 0) is 16.4 Å². The van der Waals surface area contributed by atoms with E-state index in [9.17, 15) is 8.42 Å². The fourth-order valence-corrected chi connectivity index (χ4v) is 4.67. The van der Waals surface area contributed by atoms with Crippen molar-refractivity contribution in [2.75, 3.05) is 16.6 Å². The Morgan fingerprint density at radius 1 is 1.10 bits per heavy atom. The van der Waals surface area contributed by atoms with Crippen molar-refractivity contribution in [3.05, 3.63) is 52.0 Å². The highest BCUT2D eigenvalue weighted by Gasteiger charge is 2.32. The van der Waals surface area contributed by atoms with Crippen LogP contribution < -0.4 is 10.0 Å². The molecule has 0 fully saturated rings. The van der Waals surface area contributed by atoms with Crippen molar-refractivity contribution >= 4 is 44.6 Å². The van der Waals surface area contributed by atoms with Gasteiger partial charge in [0.05, 0.1) is 21.4 Å². The minimum Gasteiger partial charge on any atom is -0.396 e. The van der Waals surface area contributed by atoms with Crippen LogP contribution in [0.1, 0.15) is 5.56 Å². The number of anilines is 2. The third kappa shape index (κ3) is 2.25. The molecule has 2 N–H and O–H groups in total. The average Bonchev–Trinajstić information content (AvgIpc) is 2.89. The first-order valence-electron chi connectivity index (χ1n) is 6.27. The zero-order valence-electron chi connectivity index (χ0n) is 10.9. The van der Waals surface area contributed by atoms with Gasteiger partial charge in [-0.3, -0.25) is 4.31 Å². The third-order valence-electron chi connectivity index (χ3n) is 3.50. The van der Waals surface area contributed by atoms with E-state index in [1.807, 2.05) is 18.2 Å². The molecule has 0 atom stereocenters. The molecule has 0 bridgehead atoms. The van der Waals surface area contributed by atoms with E-state index in [-0.39, 0.29) is 20.6 Å². The summed E-state index contributed by atoms with van der Waals surface area (Å²) in [5.41, 5.74) is 7.48. The van der Waals surface area contributed by atoms with E-state index in [0.29, 0.717) is 18.7 Å². The summed E-state index contributed by atoms with van der Waals surface area (Å²) in [5.74, 6) is 0. The van der Waals surface area contributed by atoms with Gasteiger partial charge in [-0.2, -0.15) is 0 Å². The Hall–Kier alpha value is -1.43. The lowest BCUT2D eigenvalue weighted by atomic mass is 10.2. The van der Waals surface area contributed by atoms with Crippen molar-refractivity contribution in [2.45, 2.75) is 11.3 Å². The molecule has 1 aliphatic rings. The van der Waals surface area contributed by atoms with Crippen molar-refractivity contribution in [3.8, 4) is 0 Å². The number of nitrogens with two attached hydrogens (primary N) is 1. The summed E-state index contributed by atoms with van der Waals surface area (Å²) >= 11 is 11.9. The standard InChI is InChI=1S/C14H12Cl2N2O2S/c15-10-5-6-12(13(16)14(10)17)21(19,20)18-8-7-9-3-1-2-4-11(9)18/h1-6H,7-8,17H2. The Morgan fingerprint density at radius 2 is 1.81 bits per heavy atom. The molecule has 110 valence electrons. The van der Waals surface area contributed by atoms with Gasteiger partial charge >= 0.3 is 0 Å². The van der Waals surface area contributed by atoms with Crippen molar-refractivity contribution in [1.82, 2.24) is 0 Å². The molecule has 1 aliphatic heterocycles. The Morgan fingerprint density at radius 3 is 2.57 bits per heavy atom. The van der Waals surface area contributed by atoms with Gasteiger partial charge in [0.25, 0.3) is 10.0 Å². The summed E-state index contributed by atoms with van der Waals surface area (Å²) in [6.07, 6.45) is 0.677. The van der Waals surface area contributed by atoms with Gasteiger partial charge < -0.3 is 5.73 Å². The number of hydrogen-bond donors (Lipinski definition) is 1. The van der Waals surface area contributed by atoms with Crippen molar-refractivity contribution in [2.24, 2.45) is 0 Å². The maximum atomic E-state index is 12.8. The quantitative estimate of drug-likeness (QED) is 0.851. The van der Waals surface area contributed by atoms with Gasteiger partial charge in [0.2, 0.25) is 0 Å². The van der Waals surface area contributed by atoms with E-state index in [4.69, 9.17) is 28.9 Å². The normalized spacial score (nSPS) is 14.3. The van der Waals surface area contributed by atoms with Gasteiger partial charge in [0, 0.05) is 6.54 Å². The Kier molecular flexibility index (Phi) is 3.51. The number of hydrogen-bond acceptors (Lipinski definition) is 3. The van der Waals surface area contributed by atoms with Crippen LogP contribution in [0, 0.1) is 0 Å². The van der Waals surface area contributed by atoms with Crippen LogP contribution in [0.15, 0.2) is 41.3 Å². The number of rotatable bonds is 2. The number of benzene rings is 2. The average molecular weight is 343 g/mol. The van der Waals surface area contributed by atoms with E-state index in [2.05, 4.69) is 0 Å². The Balaban J connectivity index is 2.13. The molecular weight excluding hydrogens is 331 g/mol. The van der Waals surface area contributed by atoms with E-state index >= 15 is 0 Å². The van der Waals surface area contributed by atoms with Crippen LogP contribution in [0.3, 0.4) is 0 Å². The monoisotopic (exact) mass is 342 g/mol. The van der Waals surface area contributed by atoms with E-state index in [1.54, 1.807) is 6.07 Å². The highest BCUT2D eigenvalue weighted by Crippen LogP contribution is 2.38. The van der Waals surface area contributed by atoms with Gasteiger partial charge in [0.1, 0.15) is 4.90 Å². The number of para-hydroxylation sites is 1. The second-order valence-electron chi connectivity index (χ2n) is 4.73. The SMILES string of the molecule is Nc1c(Cl)ccc(S(=O)(=O)N2CCc3ccccc32)c1Cl. The summed E-state index contributed by atoms with van der Waals surface area (Å²) in [4.78, 5) is -0.0252. The molecule has 3 rings (SSSR count). The van der Waals surface area contributed by atoms with Gasteiger partial charge in [0.15, 0.2) is 0 Å². The van der Waals surface area contributed by atoms with Gasteiger partial charge in [-0.15, -0.1) is 0 Å². The Labute approximate surface area is 133 Å². The molecule has 0 aromatic heterocycles. The Bertz CT molecular complexity index is 822. The van der Waals surface area contributed by atoms with Crippen LogP contribution in [0.2, 0.25) is 10.0 Å². The van der Waals surface area contributed by atoms with Crippen molar-refractivity contribution in [3.63, 3.8) is 0 Å². The molecule has 0 amide bonds. The van der Waals surface area contributed by atoms with Crippen LogP contribution in [0.4, 0.5) is 11.4 Å². The molecule has 7 heteroatoms. The molecule has 0 saturated heterocycles. The fourth-order valence-electron chi connectivity index (χ4n) is 2.42. The number of nitrogens with zero attached hydrogens (tertiary/aromatic N) is 1. The van der Waals surface area contributed by atoms with E-state index in [0.717, 1.165) is 5.56 Å². The molecule has 0 unspecified atom stereocenters. The zero-order valence-corrected chi connectivity index (χ0v) is 13.2. The largest absolute Gasteiger partial charge is 0.396 e. The van der Waals surface area contributed by atoms with Crippen LogP contribution >= 0.6 is 23.2 Å². The smallest absolute Gasteiger partial charge is 0.265 e. The fraction of sp³-hybridized carbons (Fsp3) is 0.143. The van der Waals surface area contributed by atoms with Crippen LogP contribution in [0.5, 0.6) is 0 Å². The molecule has 21 heavy (non-hydrogen) atoms. The van der Waals surface area contributed by atoms with E-state index < -0.39 is 10.0 Å². The van der Waals surface area contributed by atoms with E-state index in [1.165, 1.54) is 16.4 Å². The predicted octanol–water partition coefficient (Wildman–Crippen LogP) is 3.33. The second-order valence-corrected chi connectivity index (χ2v) is 7.34. The summed E-state index contributed by atoms with van der Waals surface area (Å²) in [7, 11) is -3.76. The number of nitrogen functional groups attached to an aromatic ring is 1. The summed E-state index contributed by atoms with van der Waals surface area (Å²) < 4.78 is 27.0. The molecule has 2 aromatic carbocycles. The van der Waals surface area contributed by atoms with Crippen molar-refractivity contribution in [1.29, 1.82) is 0 Å². The van der Waals surface area contributed by atoms with Gasteiger partial charge in [-0.05, 0) is 30.2 Å². The summed E-state index contributed by atoms with van der Waals surface area (Å²) in [5, 5.41) is 0.202. The molecular formula is C14H12Cl2N2O2S.